The first-order valence-corrected chi connectivity index (χ1v) is 5.28. The molecule has 0 aliphatic carbocycles. The van der Waals surface area contributed by atoms with Crippen molar-refractivity contribution in [3.05, 3.63) is 29.3 Å². The minimum absolute atomic E-state index is 0.113. The average Bonchev–Trinajstić information content (AvgIpc) is 2.31. The van der Waals surface area contributed by atoms with Crippen molar-refractivity contribution in [1.82, 2.24) is 0 Å². The van der Waals surface area contributed by atoms with Crippen molar-refractivity contribution in [1.29, 1.82) is 5.26 Å². The van der Waals surface area contributed by atoms with Crippen LogP contribution in [-0.4, -0.2) is 6.04 Å². The molecule has 0 aliphatic heterocycles. The van der Waals surface area contributed by atoms with E-state index in [2.05, 4.69) is 5.32 Å². The Labute approximate surface area is 93.9 Å². The molecule has 0 atom stereocenters. The molecule has 1 aromatic rings. The van der Waals surface area contributed by atoms with Crippen molar-refractivity contribution in [2.45, 2.75) is 32.7 Å². The van der Waals surface area contributed by atoms with E-state index in [9.17, 15) is 8.78 Å². The van der Waals surface area contributed by atoms with Gasteiger partial charge in [-0.3, -0.25) is 0 Å². The molecule has 0 saturated heterocycles. The van der Waals surface area contributed by atoms with Crippen LogP contribution in [0.5, 0.6) is 0 Å². The summed E-state index contributed by atoms with van der Waals surface area (Å²) in [5.41, 5.74) is -0.155. The van der Waals surface area contributed by atoms with Gasteiger partial charge >= 0.3 is 0 Å². The van der Waals surface area contributed by atoms with Gasteiger partial charge in [0.2, 0.25) is 0 Å². The Bertz CT molecular complexity index is 406. The SMILES string of the molecule is CCC(CC)Nc1ccc(C#N)c(F)c1F. The average molecular weight is 224 g/mol. The largest absolute Gasteiger partial charge is 0.380 e. The summed E-state index contributed by atoms with van der Waals surface area (Å²) >= 11 is 0. The molecule has 86 valence electrons. The summed E-state index contributed by atoms with van der Waals surface area (Å²) in [6, 6.07) is 4.39. The van der Waals surface area contributed by atoms with Gasteiger partial charge in [0, 0.05) is 6.04 Å². The second-order valence-corrected chi connectivity index (χ2v) is 3.56. The van der Waals surface area contributed by atoms with E-state index in [-0.39, 0.29) is 17.3 Å². The van der Waals surface area contributed by atoms with Crippen LogP contribution in [-0.2, 0) is 0 Å². The molecule has 0 bridgehead atoms. The number of anilines is 1. The molecule has 0 spiro atoms. The zero-order valence-electron chi connectivity index (χ0n) is 9.35. The Morgan fingerprint density at radius 2 is 1.88 bits per heavy atom. The van der Waals surface area contributed by atoms with Gasteiger partial charge in [0.15, 0.2) is 11.6 Å². The second kappa shape index (κ2) is 5.45. The topological polar surface area (TPSA) is 35.8 Å². The fraction of sp³-hybridized carbons (Fsp3) is 0.417. The lowest BCUT2D eigenvalue weighted by Gasteiger charge is -2.16. The maximum atomic E-state index is 13.5. The Balaban J connectivity index is 2.99. The van der Waals surface area contributed by atoms with Gasteiger partial charge in [-0.25, -0.2) is 8.78 Å². The van der Waals surface area contributed by atoms with Crippen molar-refractivity contribution in [2.75, 3.05) is 5.32 Å². The highest BCUT2D eigenvalue weighted by molar-refractivity contribution is 5.50. The van der Waals surface area contributed by atoms with Gasteiger partial charge in [-0.15, -0.1) is 0 Å². The summed E-state index contributed by atoms with van der Waals surface area (Å²) < 4.78 is 26.8. The Morgan fingerprint density at radius 1 is 1.25 bits per heavy atom. The van der Waals surface area contributed by atoms with Crippen LogP contribution in [0.1, 0.15) is 32.3 Å². The van der Waals surface area contributed by atoms with Gasteiger partial charge in [-0.2, -0.15) is 5.26 Å². The number of hydrogen-bond donors (Lipinski definition) is 1. The number of nitriles is 1. The molecule has 0 unspecified atom stereocenters. The molecule has 0 heterocycles. The van der Waals surface area contributed by atoms with Crippen LogP contribution in [0.25, 0.3) is 0 Å². The summed E-state index contributed by atoms with van der Waals surface area (Å²) in [6.45, 7) is 3.94. The Morgan fingerprint density at radius 3 is 2.38 bits per heavy atom. The normalized spacial score (nSPS) is 10.2. The van der Waals surface area contributed by atoms with Gasteiger partial charge in [0.05, 0.1) is 11.3 Å². The Kier molecular flexibility index (Phi) is 4.24. The van der Waals surface area contributed by atoms with E-state index in [1.54, 1.807) is 6.07 Å². The van der Waals surface area contributed by atoms with Crippen LogP contribution in [0.15, 0.2) is 12.1 Å². The van der Waals surface area contributed by atoms with Crippen molar-refractivity contribution in [2.24, 2.45) is 0 Å². The summed E-state index contributed by atoms with van der Waals surface area (Å²) in [5.74, 6) is -2.07. The van der Waals surface area contributed by atoms with E-state index in [1.807, 2.05) is 13.8 Å². The highest BCUT2D eigenvalue weighted by Crippen LogP contribution is 2.21. The molecule has 4 heteroatoms. The summed E-state index contributed by atoms with van der Waals surface area (Å²) in [7, 11) is 0. The molecule has 0 amide bonds. The lowest BCUT2D eigenvalue weighted by Crippen LogP contribution is -2.18. The van der Waals surface area contributed by atoms with Crippen LogP contribution in [0.4, 0.5) is 14.5 Å². The van der Waals surface area contributed by atoms with Crippen LogP contribution >= 0.6 is 0 Å². The molecule has 2 nitrogen and oxygen atoms in total. The fourth-order valence-electron chi connectivity index (χ4n) is 1.46. The molecule has 0 radical (unpaired) electrons. The highest BCUT2D eigenvalue weighted by Gasteiger charge is 2.14. The van der Waals surface area contributed by atoms with E-state index in [1.165, 1.54) is 12.1 Å². The van der Waals surface area contributed by atoms with E-state index in [0.29, 0.717) is 0 Å². The molecular weight excluding hydrogens is 210 g/mol. The number of nitrogens with one attached hydrogen (secondary N) is 1. The summed E-state index contributed by atoms with van der Waals surface area (Å²) in [6.07, 6.45) is 1.66. The minimum Gasteiger partial charge on any atom is -0.380 e. The van der Waals surface area contributed by atoms with Gasteiger partial charge in [-0.1, -0.05) is 13.8 Å². The van der Waals surface area contributed by atoms with E-state index in [0.717, 1.165) is 12.8 Å². The fourth-order valence-corrected chi connectivity index (χ4v) is 1.46. The summed E-state index contributed by atoms with van der Waals surface area (Å²) in [5, 5.41) is 11.4. The summed E-state index contributed by atoms with van der Waals surface area (Å²) in [4.78, 5) is 0. The third-order valence-electron chi connectivity index (χ3n) is 2.55. The molecule has 1 rings (SSSR count). The van der Waals surface area contributed by atoms with Crippen molar-refractivity contribution >= 4 is 5.69 Å². The first kappa shape index (κ1) is 12.4. The van der Waals surface area contributed by atoms with Crippen LogP contribution < -0.4 is 5.32 Å². The Hall–Kier alpha value is -1.63. The van der Waals surface area contributed by atoms with Gasteiger partial charge in [0.1, 0.15) is 6.07 Å². The standard InChI is InChI=1S/C12H14F2N2/c1-3-9(4-2)16-10-6-5-8(7-15)11(13)12(10)14/h5-6,9,16H,3-4H2,1-2H3. The van der Waals surface area contributed by atoms with Crippen molar-refractivity contribution in [3.63, 3.8) is 0 Å². The van der Waals surface area contributed by atoms with Crippen molar-refractivity contribution < 1.29 is 8.78 Å². The lowest BCUT2D eigenvalue weighted by atomic mass is 10.1. The van der Waals surface area contributed by atoms with Crippen LogP contribution in [0, 0.1) is 23.0 Å². The van der Waals surface area contributed by atoms with E-state index < -0.39 is 11.6 Å². The maximum Gasteiger partial charge on any atom is 0.183 e. The van der Waals surface area contributed by atoms with Gasteiger partial charge in [0.25, 0.3) is 0 Å². The molecular formula is C12H14F2N2. The third-order valence-corrected chi connectivity index (χ3v) is 2.55. The molecule has 1 aromatic carbocycles. The molecule has 0 aromatic heterocycles. The molecule has 0 saturated carbocycles. The smallest absolute Gasteiger partial charge is 0.183 e. The van der Waals surface area contributed by atoms with E-state index >= 15 is 0 Å². The predicted molar refractivity (Wildman–Crippen MR) is 59.1 cm³/mol. The number of benzene rings is 1. The zero-order valence-corrected chi connectivity index (χ0v) is 9.35. The number of hydrogen-bond acceptors (Lipinski definition) is 2. The molecule has 0 fully saturated rings. The number of halogens is 2. The van der Waals surface area contributed by atoms with Gasteiger partial charge in [-0.05, 0) is 25.0 Å². The van der Waals surface area contributed by atoms with Crippen LogP contribution in [0.2, 0.25) is 0 Å². The van der Waals surface area contributed by atoms with Gasteiger partial charge < -0.3 is 5.32 Å². The maximum absolute atomic E-state index is 13.5. The first-order chi connectivity index (χ1) is 7.63. The third kappa shape index (κ3) is 2.48. The quantitative estimate of drug-likeness (QED) is 0.850. The monoisotopic (exact) mass is 224 g/mol. The zero-order chi connectivity index (χ0) is 12.1. The minimum atomic E-state index is -1.08. The predicted octanol–water partition coefficient (Wildman–Crippen LogP) is 3.44. The van der Waals surface area contributed by atoms with Crippen molar-refractivity contribution in [3.8, 4) is 6.07 Å². The van der Waals surface area contributed by atoms with E-state index in [4.69, 9.17) is 5.26 Å². The molecule has 1 N–H and O–H groups in total. The molecule has 16 heavy (non-hydrogen) atoms. The van der Waals surface area contributed by atoms with Crippen LogP contribution in [0.3, 0.4) is 0 Å². The molecule has 0 aliphatic rings. The lowest BCUT2D eigenvalue weighted by molar-refractivity contribution is 0.506. The number of nitrogens with zero attached hydrogens (tertiary/aromatic N) is 1. The first-order valence-electron chi connectivity index (χ1n) is 5.28. The highest BCUT2D eigenvalue weighted by atomic mass is 19.2. The second-order valence-electron chi connectivity index (χ2n) is 3.56. The number of rotatable bonds is 4.